The first-order valence-electron chi connectivity index (χ1n) is 9.65. The van der Waals surface area contributed by atoms with E-state index in [1.165, 1.54) is 30.7 Å². The first kappa shape index (κ1) is 20.8. The Balaban J connectivity index is 1.58. The standard InChI is InChI=1S/C22H25N3O3S/c1-2-3-6-16-9-11-17(12-10-16)21(19-8-5-14-29-19)23-15-20(26)24-25-22(27)18-7-4-13-28-18/h4-5,7-14,21,23H,2-3,6,15H2,1H3,(H,24,26)(H,25,27)/t21-/m1/s1. The number of hydrogen-bond acceptors (Lipinski definition) is 5. The lowest BCUT2D eigenvalue weighted by Crippen LogP contribution is -2.45. The number of carbonyl (C=O) groups excluding carboxylic acids is 2. The van der Waals surface area contributed by atoms with Gasteiger partial charge in [0.1, 0.15) is 0 Å². The minimum atomic E-state index is -0.499. The number of nitrogens with one attached hydrogen (secondary N) is 3. The van der Waals surface area contributed by atoms with Crippen LogP contribution < -0.4 is 16.2 Å². The van der Waals surface area contributed by atoms with Gasteiger partial charge >= 0.3 is 5.91 Å². The van der Waals surface area contributed by atoms with E-state index >= 15 is 0 Å². The van der Waals surface area contributed by atoms with E-state index in [1.54, 1.807) is 17.4 Å². The predicted molar refractivity (Wildman–Crippen MR) is 114 cm³/mol. The molecule has 0 saturated heterocycles. The molecule has 29 heavy (non-hydrogen) atoms. The number of amides is 2. The van der Waals surface area contributed by atoms with Crippen LogP contribution in [0, 0.1) is 0 Å². The molecule has 1 atom stereocenters. The molecule has 7 heteroatoms. The van der Waals surface area contributed by atoms with E-state index in [9.17, 15) is 9.59 Å². The monoisotopic (exact) mass is 411 g/mol. The molecule has 0 aliphatic heterocycles. The minimum absolute atomic E-state index is 0.0542. The molecule has 0 fully saturated rings. The van der Waals surface area contributed by atoms with Crippen LogP contribution in [0.4, 0.5) is 0 Å². The van der Waals surface area contributed by atoms with Crippen LogP contribution in [0.1, 0.15) is 52.4 Å². The molecular formula is C22H25N3O3S. The maximum atomic E-state index is 12.2. The van der Waals surface area contributed by atoms with E-state index in [1.807, 2.05) is 17.5 Å². The van der Waals surface area contributed by atoms with Gasteiger partial charge in [0.2, 0.25) is 0 Å². The molecular weight excluding hydrogens is 386 g/mol. The van der Waals surface area contributed by atoms with Crippen molar-refractivity contribution < 1.29 is 14.0 Å². The second kappa shape index (κ2) is 10.6. The normalized spacial score (nSPS) is 11.8. The van der Waals surface area contributed by atoms with Gasteiger partial charge in [0.05, 0.1) is 18.8 Å². The number of hydrogen-bond donors (Lipinski definition) is 3. The van der Waals surface area contributed by atoms with Gasteiger partial charge in [-0.1, -0.05) is 43.7 Å². The zero-order valence-corrected chi connectivity index (χ0v) is 17.1. The van der Waals surface area contributed by atoms with Crippen molar-refractivity contribution in [3.63, 3.8) is 0 Å². The third kappa shape index (κ3) is 6.04. The predicted octanol–water partition coefficient (Wildman–Crippen LogP) is 3.82. The molecule has 0 unspecified atom stereocenters. The van der Waals surface area contributed by atoms with Gasteiger partial charge in [-0.3, -0.25) is 25.8 Å². The van der Waals surface area contributed by atoms with Crippen molar-refractivity contribution >= 4 is 23.2 Å². The molecule has 2 aromatic heterocycles. The number of furan rings is 1. The van der Waals surface area contributed by atoms with Gasteiger partial charge < -0.3 is 4.42 Å². The van der Waals surface area contributed by atoms with Gasteiger partial charge in [0, 0.05) is 4.88 Å². The average molecular weight is 412 g/mol. The number of rotatable bonds is 9. The maximum absolute atomic E-state index is 12.2. The second-order valence-electron chi connectivity index (χ2n) is 6.65. The Labute approximate surface area is 174 Å². The summed E-state index contributed by atoms with van der Waals surface area (Å²) in [7, 11) is 0. The van der Waals surface area contributed by atoms with Crippen molar-refractivity contribution in [2.24, 2.45) is 0 Å². The first-order valence-corrected chi connectivity index (χ1v) is 10.5. The van der Waals surface area contributed by atoms with E-state index in [0.29, 0.717) is 0 Å². The number of aryl methyl sites for hydroxylation is 1. The highest BCUT2D eigenvalue weighted by molar-refractivity contribution is 7.10. The third-order valence-electron chi connectivity index (χ3n) is 4.49. The Hall–Kier alpha value is -2.90. The van der Waals surface area contributed by atoms with Crippen LogP contribution in [-0.2, 0) is 11.2 Å². The van der Waals surface area contributed by atoms with Crippen molar-refractivity contribution in [2.45, 2.75) is 32.2 Å². The molecule has 2 heterocycles. The fraction of sp³-hybridized carbons (Fsp3) is 0.273. The maximum Gasteiger partial charge on any atom is 0.305 e. The topological polar surface area (TPSA) is 83.4 Å². The lowest BCUT2D eigenvalue weighted by atomic mass is 10.0. The van der Waals surface area contributed by atoms with Gasteiger partial charge in [-0.25, -0.2) is 0 Å². The van der Waals surface area contributed by atoms with Crippen molar-refractivity contribution in [3.05, 3.63) is 81.9 Å². The molecule has 0 saturated carbocycles. The highest BCUT2D eigenvalue weighted by Crippen LogP contribution is 2.26. The zero-order valence-electron chi connectivity index (χ0n) is 16.3. The Morgan fingerprint density at radius 2 is 1.90 bits per heavy atom. The average Bonchev–Trinajstić information content (AvgIpc) is 3.46. The van der Waals surface area contributed by atoms with Gasteiger partial charge in [0.15, 0.2) is 5.76 Å². The molecule has 1 aromatic carbocycles. The molecule has 3 N–H and O–H groups in total. The Bertz CT molecular complexity index is 890. The summed E-state index contributed by atoms with van der Waals surface area (Å²) in [6.07, 6.45) is 4.83. The second-order valence-corrected chi connectivity index (χ2v) is 7.63. The van der Waals surface area contributed by atoms with Crippen LogP contribution in [0.5, 0.6) is 0 Å². The van der Waals surface area contributed by atoms with Crippen LogP contribution in [0.2, 0.25) is 0 Å². The van der Waals surface area contributed by atoms with Crippen molar-refractivity contribution in [1.29, 1.82) is 0 Å². The van der Waals surface area contributed by atoms with Gasteiger partial charge in [-0.2, -0.15) is 0 Å². The molecule has 0 aliphatic carbocycles. The number of thiophene rings is 1. The molecule has 3 aromatic rings. The van der Waals surface area contributed by atoms with Crippen LogP contribution in [0.25, 0.3) is 0 Å². The van der Waals surface area contributed by atoms with E-state index in [2.05, 4.69) is 47.4 Å². The zero-order chi connectivity index (χ0) is 20.5. The third-order valence-corrected chi connectivity index (χ3v) is 5.42. The molecule has 0 spiro atoms. The Kier molecular flexibility index (Phi) is 7.61. The summed E-state index contributed by atoms with van der Waals surface area (Å²) in [5, 5.41) is 5.30. The van der Waals surface area contributed by atoms with Gasteiger partial charge in [-0.15, -0.1) is 11.3 Å². The number of unbranched alkanes of at least 4 members (excludes halogenated alkanes) is 1. The summed E-state index contributed by atoms with van der Waals surface area (Å²) in [4.78, 5) is 25.1. The summed E-state index contributed by atoms with van der Waals surface area (Å²) in [6.45, 7) is 2.24. The fourth-order valence-corrected chi connectivity index (χ4v) is 3.76. The van der Waals surface area contributed by atoms with Crippen LogP contribution >= 0.6 is 11.3 Å². The van der Waals surface area contributed by atoms with Crippen molar-refractivity contribution in [2.75, 3.05) is 6.54 Å². The fourth-order valence-electron chi connectivity index (χ4n) is 2.93. The molecule has 0 aliphatic rings. The molecule has 152 valence electrons. The molecule has 6 nitrogen and oxygen atoms in total. The van der Waals surface area contributed by atoms with Crippen molar-refractivity contribution in [3.8, 4) is 0 Å². The molecule has 3 rings (SSSR count). The van der Waals surface area contributed by atoms with E-state index in [4.69, 9.17) is 4.42 Å². The van der Waals surface area contributed by atoms with Crippen LogP contribution in [0.15, 0.2) is 64.6 Å². The number of benzene rings is 1. The number of hydrazine groups is 1. The minimum Gasteiger partial charge on any atom is -0.459 e. The smallest absolute Gasteiger partial charge is 0.305 e. The SMILES string of the molecule is CCCCc1ccc([C@@H](NCC(=O)NNC(=O)c2ccco2)c2cccs2)cc1. The van der Waals surface area contributed by atoms with E-state index in [0.717, 1.165) is 16.9 Å². The van der Waals surface area contributed by atoms with Crippen LogP contribution in [0.3, 0.4) is 0 Å². The first-order chi connectivity index (χ1) is 14.2. The molecule has 2 amide bonds. The quantitative estimate of drug-likeness (QED) is 0.468. The van der Waals surface area contributed by atoms with Crippen molar-refractivity contribution in [1.82, 2.24) is 16.2 Å². The molecule has 0 bridgehead atoms. The highest BCUT2D eigenvalue weighted by Gasteiger charge is 2.17. The van der Waals surface area contributed by atoms with E-state index < -0.39 is 5.91 Å². The summed E-state index contributed by atoms with van der Waals surface area (Å²) in [5.74, 6) is -0.704. The summed E-state index contributed by atoms with van der Waals surface area (Å²) in [5.41, 5.74) is 7.15. The van der Waals surface area contributed by atoms with Gasteiger partial charge in [0.25, 0.3) is 5.91 Å². The summed E-state index contributed by atoms with van der Waals surface area (Å²) in [6, 6.07) is 15.6. The molecule has 0 radical (unpaired) electrons. The number of carbonyl (C=O) groups is 2. The lowest BCUT2D eigenvalue weighted by molar-refractivity contribution is -0.121. The highest BCUT2D eigenvalue weighted by atomic mass is 32.1. The summed E-state index contributed by atoms with van der Waals surface area (Å²) >= 11 is 1.64. The Morgan fingerprint density at radius 3 is 2.55 bits per heavy atom. The van der Waals surface area contributed by atoms with Gasteiger partial charge in [-0.05, 0) is 47.5 Å². The Morgan fingerprint density at radius 1 is 1.07 bits per heavy atom. The van der Waals surface area contributed by atoms with E-state index in [-0.39, 0.29) is 24.3 Å². The lowest BCUT2D eigenvalue weighted by Gasteiger charge is -2.18. The summed E-state index contributed by atoms with van der Waals surface area (Å²) < 4.78 is 4.99. The van der Waals surface area contributed by atoms with Crippen LogP contribution in [-0.4, -0.2) is 18.4 Å². The largest absolute Gasteiger partial charge is 0.459 e.